The summed E-state index contributed by atoms with van der Waals surface area (Å²) < 4.78 is 68.3. The highest BCUT2D eigenvalue weighted by Crippen LogP contribution is 2.41. The fourth-order valence-electron chi connectivity index (χ4n) is 3.66. The van der Waals surface area contributed by atoms with Gasteiger partial charge in [-0.15, -0.1) is 0 Å². The number of hydrogen-bond acceptors (Lipinski definition) is 6. The molecule has 0 saturated heterocycles. The lowest BCUT2D eigenvalue weighted by Crippen LogP contribution is -2.58. The van der Waals surface area contributed by atoms with Gasteiger partial charge in [-0.2, -0.15) is 4.72 Å². The molecule has 168 valence electrons. The number of sulfonamides is 1. The normalized spacial score (nSPS) is 19.9. The molecule has 5 rings (SSSR count). The number of pyridine rings is 1. The van der Waals surface area contributed by atoms with Crippen molar-refractivity contribution in [3.8, 4) is 0 Å². The monoisotopic (exact) mass is 475 g/mol. The molecule has 2 amide bonds. The van der Waals surface area contributed by atoms with Gasteiger partial charge in [-0.05, 0) is 30.3 Å². The first-order chi connectivity index (χ1) is 15.6. The van der Waals surface area contributed by atoms with E-state index in [9.17, 15) is 31.2 Å². The summed E-state index contributed by atoms with van der Waals surface area (Å²) in [7, 11) is -4.31. The van der Waals surface area contributed by atoms with E-state index >= 15 is 0 Å². The van der Waals surface area contributed by atoms with Gasteiger partial charge >= 0.3 is 0 Å². The second-order valence-corrected chi connectivity index (χ2v) is 8.90. The molecule has 1 atom stereocenters. The molecule has 2 aromatic carbocycles. The maximum absolute atomic E-state index is 13.4. The van der Waals surface area contributed by atoms with Crippen LogP contribution in [0.5, 0.6) is 0 Å². The Kier molecular flexibility index (Phi) is 4.44. The molecule has 0 aliphatic carbocycles. The van der Waals surface area contributed by atoms with Crippen LogP contribution < -0.4 is 20.7 Å². The third kappa shape index (κ3) is 3.20. The van der Waals surface area contributed by atoms with Crippen molar-refractivity contribution in [2.75, 3.05) is 16.0 Å². The number of halogens is 3. The Bertz CT molecular complexity index is 1460. The van der Waals surface area contributed by atoms with Gasteiger partial charge in [0.15, 0.2) is 17.5 Å². The first kappa shape index (κ1) is 20.9. The number of nitrogens with zero attached hydrogens (tertiary/aromatic N) is 1. The van der Waals surface area contributed by atoms with Gasteiger partial charge in [-0.1, -0.05) is 0 Å². The van der Waals surface area contributed by atoms with E-state index in [1.54, 1.807) is 6.07 Å². The van der Waals surface area contributed by atoms with Crippen LogP contribution in [0, 0.1) is 17.5 Å². The van der Waals surface area contributed by atoms with E-state index in [2.05, 4.69) is 25.7 Å². The minimum Gasteiger partial charge on any atom is -0.354 e. The molecule has 1 spiro atoms. The number of aromatic nitrogens is 1. The van der Waals surface area contributed by atoms with E-state index in [1.165, 1.54) is 24.4 Å². The Morgan fingerprint density at radius 2 is 1.79 bits per heavy atom. The Morgan fingerprint density at radius 1 is 1.06 bits per heavy atom. The summed E-state index contributed by atoms with van der Waals surface area (Å²) in [5.41, 5.74) is -2.05. The number of anilines is 3. The highest BCUT2D eigenvalue weighted by atomic mass is 32.2. The molecule has 0 saturated carbocycles. The summed E-state index contributed by atoms with van der Waals surface area (Å²) in [5.74, 6) is -6.08. The molecule has 33 heavy (non-hydrogen) atoms. The van der Waals surface area contributed by atoms with E-state index in [0.717, 1.165) is 6.07 Å². The van der Waals surface area contributed by atoms with Crippen LogP contribution in [0.15, 0.2) is 53.6 Å². The Balaban J connectivity index is 1.50. The van der Waals surface area contributed by atoms with Gasteiger partial charge in [0.25, 0.3) is 11.8 Å². The first-order valence-corrected chi connectivity index (χ1v) is 10.8. The molecule has 0 radical (unpaired) electrons. The van der Waals surface area contributed by atoms with E-state index in [-0.39, 0.29) is 33.2 Å². The molecule has 0 bridgehead atoms. The Hall–Kier alpha value is -3.97. The van der Waals surface area contributed by atoms with E-state index in [0.29, 0.717) is 12.1 Å². The van der Waals surface area contributed by atoms with Crippen molar-refractivity contribution in [1.29, 1.82) is 0 Å². The van der Waals surface area contributed by atoms with Crippen LogP contribution in [0.3, 0.4) is 0 Å². The molecule has 4 N–H and O–H groups in total. The number of nitrogens with one attached hydrogen (secondary N) is 4. The molecule has 2 aliphatic heterocycles. The topological polar surface area (TPSA) is 129 Å². The van der Waals surface area contributed by atoms with Crippen LogP contribution in [-0.2, 0) is 20.5 Å². The van der Waals surface area contributed by atoms with Crippen LogP contribution in [0.1, 0.15) is 15.9 Å². The lowest BCUT2D eigenvalue weighted by atomic mass is 10.0. The van der Waals surface area contributed by atoms with Gasteiger partial charge in [-0.25, -0.2) is 26.6 Å². The average molecular weight is 475 g/mol. The van der Waals surface area contributed by atoms with Crippen LogP contribution in [-0.4, -0.2) is 25.2 Å². The highest BCUT2D eigenvalue weighted by Gasteiger charge is 2.53. The van der Waals surface area contributed by atoms with Gasteiger partial charge in [0.2, 0.25) is 15.7 Å². The zero-order valence-electron chi connectivity index (χ0n) is 16.2. The molecule has 9 nitrogen and oxygen atoms in total. The number of carbonyl (C=O) groups excluding carboxylic acids is 2. The van der Waals surface area contributed by atoms with Crippen molar-refractivity contribution in [2.45, 2.75) is 10.6 Å². The number of amides is 2. The summed E-state index contributed by atoms with van der Waals surface area (Å²) in [4.78, 5) is 28.9. The van der Waals surface area contributed by atoms with Gasteiger partial charge in [0, 0.05) is 35.1 Å². The fraction of sp³-hybridized carbons (Fsp3) is 0.0500. The van der Waals surface area contributed by atoms with E-state index in [1.807, 2.05) is 0 Å². The standard InChI is InChI=1S/C20H12F3N5O4S/c21-12-7-10(8-13(22)16(12)23)25-18(29)9-3-4-14-15(6-9)33(31,32)28-20(27-14)11-2-1-5-24-17(11)26-19(20)30/h1-8,27-28H,(H,25,29)(H,24,26,30). The van der Waals surface area contributed by atoms with Gasteiger partial charge < -0.3 is 16.0 Å². The Labute approximate surface area is 184 Å². The zero-order valence-corrected chi connectivity index (χ0v) is 17.1. The number of fused-ring (bicyclic) bond motifs is 3. The van der Waals surface area contributed by atoms with Crippen molar-refractivity contribution < 1.29 is 31.2 Å². The molecule has 1 aromatic heterocycles. The number of benzene rings is 2. The second-order valence-electron chi connectivity index (χ2n) is 7.25. The number of hydrogen-bond donors (Lipinski definition) is 4. The molecule has 3 aromatic rings. The number of carbonyl (C=O) groups is 2. The van der Waals surface area contributed by atoms with Crippen molar-refractivity contribution in [2.24, 2.45) is 0 Å². The Morgan fingerprint density at radius 3 is 2.52 bits per heavy atom. The lowest BCUT2D eigenvalue weighted by molar-refractivity contribution is -0.120. The van der Waals surface area contributed by atoms with E-state index < -0.39 is 45.0 Å². The predicted molar refractivity (Wildman–Crippen MR) is 109 cm³/mol. The molecular formula is C20H12F3N5O4S. The van der Waals surface area contributed by atoms with Crippen molar-refractivity contribution in [3.05, 3.63) is 77.2 Å². The van der Waals surface area contributed by atoms with Crippen molar-refractivity contribution in [3.63, 3.8) is 0 Å². The summed E-state index contributed by atoms with van der Waals surface area (Å²) in [6, 6.07) is 7.80. The molecular weight excluding hydrogens is 463 g/mol. The SMILES string of the molecule is O=C(Nc1cc(F)c(F)c(F)c1)c1ccc2c(c1)S(=O)(=O)NC1(N2)C(=O)Nc2ncccc21. The largest absolute Gasteiger partial charge is 0.354 e. The first-order valence-electron chi connectivity index (χ1n) is 9.30. The molecule has 0 fully saturated rings. The molecule has 1 unspecified atom stereocenters. The maximum atomic E-state index is 13.4. The maximum Gasteiger partial charge on any atom is 0.272 e. The minimum absolute atomic E-state index is 0.0380. The quantitative estimate of drug-likeness (QED) is 0.421. The van der Waals surface area contributed by atoms with Crippen molar-refractivity contribution in [1.82, 2.24) is 9.71 Å². The minimum atomic E-state index is -4.31. The molecule has 13 heteroatoms. The zero-order chi connectivity index (χ0) is 23.5. The van der Waals surface area contributed by atoms with Crippen molar-refractivity contribution >= 4 is 39.0 Å². The molecule has 3 heterocycles. The number of rotatable bonds is 2. The highest BCUT2D eigenvalue weighted by molar-refractivity contribution is 7.89. The predicted octanol–water partition coefficient (Wildman–Crippen LogP) is 2.26. The van der Waals surface area contributed by atoms with Crippen LogP contribution >= 0.6 is 0 Å². The summed E-state index contributed by atoms with van der Waals surface area (Å²) in [6.45, 7) is 0. The van der Waals surface area contributed by atoms with Gasteiger partial charge in [0.05, 0.1) is 5.69 Å². The third-order valence-corrected chi connectivity index (χ3v) is 6.66. The fourth-order valence-corrected chi connectivity index (χ4v) is 5.12. The van der Waals surface area contributed by atoms with E-state index in [4.69, 9.17) is 0 Å². The smallest absolute Gasteiger partial charge is 0.272 e. The van der Waals surface area contributed by atoms with Crippen LogP contribution in [0.2, 0.25) is 0 Å². The summed E-state index contributed by atoms with van der Waals surface area (Å²) >= 11 is 0. The van der Waals surface area contributed by atoms with Gasteiger partial charge in [0.1, 0.15) is 10.7 Å². The molecule has 2 aliphatic rings. The van der Waals surface area contributed by atoms with Crippen LogP contribution in [0.25, 0.3) is 0 Å². The summed E-state index contributed by atoms with van der Waals surface area (Å²) in [5, 5.41) is 7.54. The third-order valence-electron chi connectivity index (χ3n) is 5.17. The lowest BCUT2D eigenvalue weighted by Gasteiger charge is -2.35. The summed E-state index contributed by atoms with van der Waals surface area (Å²) in [6.07, 6.45) is 1.44. The average Bonchev–Trinajstić information content (AvgIpc) is 3.02. The second kappa shape index (κ2) is 7.02. The van der Waals surface area contributed by atoms with Gasteiger partial charge in [-0.3, -0.25) is 9.59 Å². The van der Waals surface area contributed by atoms with Crippen LogP contribution in [0.4, 0.5) is 30.4 Å².